The number of hydrogen-bond donors (Lipinski definition) is 1. The SMILES string of the molecule is COc1cc(/C=C2\SC(=S)N(CCCCCC(=O)O)C2=O)cc(Br)c1OCc1ccc(Cl)cc1. The number of thioether (sulfide) groups is 1. The second kappa shape index (κ2) is 12.6. The Labute approximate surface area is 221 Å². The van der Waals surface area contributed by atoms with Gasteiger partial charge in [-0.2, -0.15) is 0 Å². The number of thiocarbonyl (C=S) groups is 1. The van der Waals surface area contributed by atoms with E-state index in [1.807, 2.05) is 30.3 Å². The van der Waals surface area contributed by atoms with E-state index in [9.17, 15) is 9.59 Å². The molecule has 2 aromatic carbocycles. The molecule has 0 saturated carbocycles. The number of carboxylic acid groups (broad SMARTS) is 1. The summed E-state index contributed by atoms with van der Waals surface area (Å²) in [4.78, 5) is 25.6. The Balaban J connectivity index is 1.68. The van der Waals surface area contributed by atoms with Crippen LogP contribution in [0, 0.1) is 0 Å². The van der Waals surface area contributed by atoms with E-state index in [1.54, 1.807) is 24.2 Å². The minimum Gasteiger partial charge on any atom is -0.493 e. The Morgan fingerprint density at radius 1 is 1.24 bits per heavy atom. The number of aliphatic carboxylic acids is 1. The van der Waals surface area contributed by atoms with Crippen molar-refractivity contribution in [3.63, 3.8) is 0 Å². The van der Waals surface area contributed by atoms with Gasteiger partial charge in [0.2, 0.25) is 0 Å². The lowest BCUT2D eigenvalue weighted by Gasteiger charge is -2.14. The minimum atomic E-state index is -0.809. The molecule has 3 rings (SSSR count). The molecule has 6 nitrogen and oxygen atoms in total. The predicted octanol–water partition coefficient (Wildman–Crippen LogP) is 6.54. The first-order valence-corrected chi connectivity index (χ1v) is 12.9. The zero-order valence-electron chi connectivity index (χ0n) is 18.4. The Morgan fingerprint density at radius 3 is 2.65 bits per heavy atom. The zero-order chi connectivity index (χ0) is 24.7. The van der Waals surface area contributed by atoms with Crippen molar-refractivity contribution < 1.29 is 24.2 Å². The summed E-state index contributed by atoms with van der Waals surface area (Å²) >= 11 is 16.1. The quantitative estimate of drug-likeness (QED) is 0.183. The molecular weight excluding hydrogens is 562 g/mol. The monoisotopic (exact) mass is 583 g/mol. The average molecular weight is 585 g/mol. The molecule has 0 aliphatic carbocycles. The summed E-state index contributed by atoms with van der Waals surface area (Å²) in [6.07, 6.45) is 3.92. The second-order valence-electron chi connectivity index (χ2n) is 7.49. The van der Waals surface area contributed by atoms with Gasteiger partial charge in [-0.3, -0.25) is 14.5 Å². The summed E-state index contributed by atoms with van der Waals surface area (Å²) < 4.78 is 12.7. The maximum Gasteiger partial charge on any atom is 0.303 e. The number of benzene rings is 2. The molecule has 1 saturated heterocycles. The largest absolute Gasteiger partial charge is 0.493 e. The van der Waals surface area contributed by atoms with Crippen LogP contribution in [0.2, 0.25) is 5.02 Å². The number of carbonyl (C=O) groups excluding carboxylic acids is 1. The van der Waals surface area contributed by atoms with Gasteiger partial charge in [0.1, 0.15) is 10.9 Å². The molecule has 1 aliphatic rings. The number of rotatable bonds is 11. The normalized spacial score (nSPS) is 14.7. The number of halogens is 2. The highest BCUT2D eigenvalue weighted by Crippen LogP contribution is 2.39. The van der Waals surface area contributed by atoms with E-state index >= 15 is 0 Å². The van der Waals surface area contributed by atoms with Gasteiger partial charge in [0.25, 0.3) is 5.91 Å². The van der Waals surface area contributed by atoms with Crippen LogP contribution in [0.4, 0.5) is 0 Å². The van der Waals surface area contributed by atoms with Crippen LogP contribution in [0.25, 0.3) is 6.08 Å². The fourth-order valence-corrected chi connectivity index (χ4v) is 5.28. The van der Waals surface area contributed by atoms with E-state index in [0.29, 0.717) is 56.2 Å². The van der Waals surface area contributed by atoms with Gasteiger partial charge in [0.15, 0.2) is 11.5 Å². The van der Waals surface area contributed by atoms with Crippen molar-refractivity contribution in [3.8, 4) is 11.5 Å². The van der Waals surface area contributed by atoms with Crippen molar-refractivity contribution in [2.24, 2.45) is 0 Å². The highest BCUT2D eigenvalue weighted by atomic mass is 79.9. The highest BCUT2D eigenvalue weighted by Gasteiger charge is 2.31. The Morgan fingerprint density at radius 2 is 1.97 bits per heavy atom. The standard InChI is InChI=1S/C24H23BrClNO5S2/c1-31-19-12-16(11-18(25)22(19)32-14-15-6-8-17(26)9-7-15)13-20-23(30)27(24(33)34-20)10-4-2-3-5-21(28)29/h6-9,11-13H,2-5,10,14H2,1H3,(H,28,29)/b20-13-. The molecule has 0 unspecified atom stereocenters. The number of carbonyl (C=O) groups is 2. The van der Waals surface area contributed by atoms with Crippen LogP contribution in [0.3, 0.4) is 0 Å². The molecule has 0 bridgehead atoms. The number of methoxy groups -OCH3 is 1. The van der Waals surface area contributed by atoms with E-state index in [0.717, 1.165) is 17.5 Å². The van der Waals surface area contributed by atoms with Gasteiger partial charge in [-0.1, -0.05) is 54.1 Å². The van der Waals surface area contributed by atoms with Crippen molar-refractivity contribution in [1.29, 1.82) is 0 Å². The number of carboxylic acids is 1. The third kappa shape index (κ3) is 7.21. The molecule has 2 aromatic rings. The first-order valence-electron chi connectivity index (χ1n) is 10.5. The predicted molar refractivity (Wildman–Crippen MR) is 142 cm³/mol. The number of ether oxygens (including phenoxy) is 2. The molecule has 1 amide bonds. The third-order valence-electron chi connectivity index (χ3n) is 4.99. The molecule has 34 heavy (non-hydrogen) atoms. The summed E-state index contributed by atoms with van der Waals surface area (Å²) in [7, 11) is 1.56. The average Bonchev–Trinajstić information content (AvgIpc) is 3.05. The van der Waals surface area contributed by atoms with Crippen LogP contribution in [-0.2, 0) is 16.2 Å². The fourth-order valence-electron chi connectivity index (χ4n) is 3.27. The molecule has 1 N–H and O–H groups in total. The molecule has 0 atom stereocenters. The van der Waals surface area contributed by atoms with Crippen LogP contribution < -0.4 is 9.47 Å². The lowest BCUT2D eigenvalue weighted by atomic mass is 10.1. The minimum absolute atomic E-state index is 0.133. The van der Waals surface area contributed by atoms with Gasteiger partial charge in [-0.25, -0.2) is 0 Å². The van der Waals surface area contributed by atoms with E-state index in [-0.39, 0.29) is 12.3 Å². The van der Waals surface area contributed by atoms with Crippen LogP contribution in [0.1, 0.15) is 36.8 Å². The first kappa shape index (κ1) is 26.5. The molecule has 0 radical (unpaired) electrons. The molecule has 1 heterocycles. The van der Waals surface area contributed by atoms with Gasteiger partial charge in [0.05, 0.1) is 16.5 Å². The van der Waals surface area contributed by atoms with Crippen molar-refractivity contribution in [2.75, 3.05) is 13.7 Å². The molecule has 0 aromatic heterocycles. The fraction of sp³-hybridized carbons (Fsp3) is 0.292. The Kier molecular flexibility index (Phi) is 9.82. The van der Waals surface area contributed by atoms with E-state index < -0.39 is 5.97 Å². The Bertz CT molecular complexity index is 1110. The van der Waals surface area contributed by atoms with Crippen molar-refractivity contribution in [3.05, 3.63) is 61.9 Å². The molecule has 1 aliphatic heterocycles. The van der Waals surface area contributed by atoms with Crippen molar-refractivity contribution in [1.82, 2.24) is 4.90 Å². The Hall–Kier alpha value is -2.07. The maximum atomic E-state index is 12.9. The summed E-state index contributed by atoms with van der Waals surface area (Å²) in [6.45, 7) is 0.822. The number of unbranched alkanes of at least 4 members (excludes halogenated alkanes) is 2. The summed E-state index contributed by atoms with van der Waals surface area (Å²) in [6, 6.07) is 11.1. The summed E-state index contributed by atoms with van der Waals surface area (Å²) in [5, 5.41) is 9.39. The van der Waals surface area contributed by atoms with E-state index in [4.69, 9.17) is 38.4 Å². The second-order valence-corrected chi connectivity index (χ2v) is 10.5. The van der Waals surface area contributed by atoms with Crippen LogP contribution in [0.5, 0.6) is 11.5 Å². The van der Waals surface area contributed by atoms with Gasteiger partial charge in [-0.05, 0) is 70.2 Å². The molecular formula is C24H23BrClNO5S2. The van der Waals surface area contributed by atoms with Gasteiger partial charge >= 0.3 is 5.97 Å². The highest BCUT2D eigenvalue weighted by molar-refractivity contribution is 9.10. The van der Waals surface area contributed by atoms with Crippen molar-refractivity contribution in [2.45, 2.75) is 32.3 Å². The summed E-state index contributed by atoms with van der Waals surface area (Å²) in [5.41, 5.74) is 1.73. The molecule has 10 heteroatoms. The number of hydrogen-bond acceptors (Lipinski definition) is 6. The molecule has 1 fully saturated rings. The van der Waals surface area contributed by atoms with Gasteiger partial charge in [-0.15, -0.1) is 0 Å². The summed E-state index contributed by atoms with van der Waals surface area (Å²) in [5.74, 6) is 0.134. The first-order chi connectivity index (χ1) is 16.3. The topological polar surface area (TPSA) is 76.1 Å². The van der Waals surface area contributed by atoms with Crippen LogP contribution in [-0.4, -0.2) is 39.9 Å². The smallest absolute Gasteiger partial charge is 0.303 e. The van der Waals surface area contributed by atoms with Crippen LogP contribution in [0.15, 0.2) is 45.8 Å². The third-order valence-corrected chi connectivity index (χ3v) is 7.21. The van der Waals surface area contributed by atoms with E-state index in [2.05, 4.69) is 15.9 Å². The van der Waals surface area contributed by atoms with E-state index in [1.165, 1.54) is 11.8 Å². The van der Waals surface area contributed by atoms with Gasteiger partial charge in [0, 0.05) is 18.0 Å². The molecule has 180 valence electrons. The zero-order valence-corrected chi connectivity index (χ0v) is 22.4. The molecule has 0 spiro atoms. The lowest BCUT2D eigenvalue weighted by Crippen LogP contribution is -2.29. The lowest BCUT2D eigenvalue weighted by molar-refractivity contribution is -0.137. The number of amides is 1. The maximum absolute atomic E-state index is 12.9. The van der Waals surface area contributed by atoms with Crippen LogP contribution >= 0.6 is 51.5 Å². The van der Waals surface area contributed by atoms with Gasteiger partial charge < -0.3 is 14.6 Å². The van der Waals surface area contributed by atoms with Crippen molar-refractivity contribution >= 4 is 73.8 Å². The number of nitrogens with zero attached hydrogens (tertiary/aromatic N) is 1.